The number of halogens is 1. The number of carboxylic acid groups (broad SMARTS) is 1. The zero-order chi connectivity index (χ0) is 14.5. The molecule has 0 unspecified atom stereocenters. The summed E-state index contributed by atoms with van der Waals surface area (Å²) in [6.45, 7) is 2.23. The van der Waals surface area contributed by atoms with Gasteiger partial charge in [-0.2, -0.15) is 0 Å². The first-order valence-electron chi connectivity index (χ1n) is 7.26. The summed E-state index contributed by atoms with van der Waals surface area (Å²) in [6, 6.07) is 3.72. The fraction of sp³-hybridized carbons (Fsp3) is 0.600. The van der Waals surface area contributed by atoms with Gasteiger partial charge >= 0.3 is 5.97 Å². The molecule has 0 radical (unpaired) electrons. The minimum Gasteiger partial charge on any atom is -0.476 e. The second kappa shape index (κ2) is 6.93. The van der Waals surface area contributed by atoms with E-state index in [0.717, 1.165) is 18.8 Å². The molecule has 1 fully saturated rings. The lowest BCUT2D eigenvalue weighted by Crippen LogP contribution is -2.26. The largest absolute Gasteiger partial charge is 0.476 e. The van der Waals surface area contributed by atoms with E-state index in [1.165, 1.54) is 25.7 Å². The van der Waals surface area contributed by atoms with E-state index in [1.807, 2.05) is 0 Å². The van der Waals surface area contributed by atoms with Gasteiger partial charge in [-0.15, -0.1) is 0 Å². The lowest BCUT2D eigenvalue weighted by Gasteiger charge is -2.29. The highest BCUT2D eigenvalue weighted by Gasteiger charge is 2.21. The molecular formula is C15H21ClN2O2. The maximum absolute atomic E-state index is 11.0. The average Bonchev–Trinajstić information content (AvgIpc) is 2.43. The van der Waals surface area contributed by atoms with Gasteiger partial charge in [0.25, 0.3) is 0 Å². The molecule has 110 valence electrons. The van der Waals surface area contributed by atoms with Gasteiger partial charge in [0.15, 0.2) is 5.69 Å². The van der Waals surface area contributed by atoms with Gasteiger partial charge in [-0.1, -0.05) is 31.4 Å². The van der Waals surface area contributed by atoms with E-state index in [2.05, 4.69) is 17.2 Å². The predicted octanol–water partition coefficient (Wildman–Crippen LogP) is 4.20. The summed E-state index contributed by atoms with van der Waals surface area (Å²) in [6.07, 6.45) is 7.29. The lowest BCUT2D eigenvalue weighted by atomic mass is 9.83. The van der Waals surface area contributed by atoms with Crippen LogP contribution in [0, 0.1) is 5.92 Å². The van der Waals surface area contributed by atoms with Gasteiger partial charge in [0.05, 0.1) is 5.02 Å². The molecule has 1 aromatic rings. The first-order chi connectivity index (χ1) is 9.60. The number of nitrogens with one attached hydrogen (secondary N) is 1. The third-order valence-electron chi connectivity index (χ3n) is 3.94. The molecule has 0 atom stereocenters. The van der Waals surface area contributed by atoms with Crippen LogP contribution in [0.4, 0.5) is 5.82 Å². The Kier molecular flexibility index (Phi) is 5.24. The Balaban J connectivity index is 1.94. The number of carboxylic acids is 1. The van der Waals surface area contributed by atoms with Crippen LogP contribution in [0.25, 0.3) is 0 Å². The van der Waals surface area contributed by atoms with E-state index in [9.17, 15) is 4.79 Å². The van der Waals surface area contributed by atoms with E-state index < -0.39 is 5.97 Å². The van der Waals surface area contributed by atoms with Crippen LogP contribution in [0.5, 0.6) is 0 Å². The Labute approximate surface area is 124 Å². The van der Waals surface area contributed by atoms with Crippen molar-refractivity contribution in [3.05, 3.63) is 22.8 Å². The summed E-state index contributed by atoms with van der Waals surface area (Å²) in [5.41, 5.74) is -0.0867. The van der Waals surface area contributed by atoms with Crippen molar-refractivity contribution in [2.75, 3.05) is 5.32 Å². The molecule has 1 heterocycles. The van der Waals surface area contributed by atoms with Gasteiger partial charge in [-0.25, -0.2) is 9.78 Å². The molecule has 0 saturated heterocycles. The summed E-state index contributed by atoms with van der Waals surface area (Å²) < 4.78 is 0. The van der Waals surface area contributed by atoms with Gasteiger partial charge in [0.2, 0.25) is 0 Å². The van der Waals surface area contributed by atoms with Crippen LogP contribution < -0.4 is 5.32 Å². The number of carbonyl (C=O) groups is 1. The molecule has 0 spiro atoms. The quantitative estimate of drug-likeness (QED) is 0.854. The van der Waals surface area contributed by atoms with Crippen LogP contribution in [0.1, 0.15) is 55.9 Å². The second-order valence-corrected chi connectivity index (χ2v) is 5.89. The van der Waals surface area contributed by atoms with E-state index in [0.29, 0.717) is 11.9 Å². The molecule has 1 saturated carbocycles. The number of rotatable bonds is 5. The van der Waals surface area contributed by atoms with Crippen molar-refractivity contribution >= 4 is 23.4 Å². The van der Waals surface area contributed by atoms with Crippen molar-refractivity contribution in [2.45, 2.75) is 51.5 Å². The van der Waals surface area contributed by atoms with Crippen molar-refractivity contribution < 1.29 is 9.90 Å². The number of hydrogen-bond donors (Lipinski definition) is 2. The highest BCUT2D eigenvalue weighted by molar-refractivity contribution is 6.33. The minimum absolute atomic E-state index is 0.0867. The number of anilines is 1. The highest BCUT2D eigenvalue weighted by Crippen LogP contribution is 2.29. The maximum atomic E-state index is 11.0. The molecule has 0 amide bonds. The number of aromatic carboxylic acids is 1. The van der Waals surface area contributed by atoms with E-state index in [-0.39, 0.29) is 10.7 Å². The van der Waals surface area contributed by atoms with E-state index in [1.54, 1.807) is 12.1 Å². The SMILES string of the molecule is CCCC1CCC(Nc2ccc(Cl)c(C(=O)O)n2)CC1. The van der Waals surface area contributed by atoms with Crippen LogP contribution >= 0.6 is 11.6 Å². The molecular weight excluding hydrogens is 276 g/mol. The minimum atomic E-state index is -1.09. The molecule has 1 aliphatic carbocycles. The standard InChI is InChI=1S/C15H21ClN2O2/c1-2-3-10-4-6-11(7-5-10)17-13-9-8-12(16)14(18-13)15(19)20/h8-11H,2-7H2,1H3,(H,17,18)(H,19,20). The van der Waals surface area contributed by atoms with Gasteiger partial charge < -0.3 is 10.4 Å². The van der Waals surface area contributed by atoms with Crippen molar-refractivity contribution in [1.82, 2.24) is 4.98 Å². The summed E-state index contributed by atoms with van der Waals surface area (Å²) in [5, 5.41) is 12.5. The van der Waals surface area contributed by atoms with E-state index in [4.69, 9.17) is 16.7 Å². The Morgan fingerprint density at radius 3 is 2.70 bits per heavy atom. The van der Waals surface area contributed by atoms with Crippen LogP contribution in [-0.2, 0) is 0 Å². The van der Waals surface area contributed by atoms with Gasteiger partial charge in [0.1, 0.15) is 5.82 Å². The summed E-state index contributed by atoms with van der Waals surface area (Å²) in [4.78, 5) is 15.1. The van der Waals surface area contributed by atoms with Crippen LogP contribution in [0.2, 0.25) is 5.02 Å². The normalized spacial score (nSPS) is 22.5. The Morgan fingerprint density at radius 1 is 1.40 bits per heavy atom. The Bertz CT molecular complexity index is 471. The summed E-state index contributed by atoms with van der Waals surface area (Å²) >= 11 is 5.82. The number of aromatic nitrogens is 1. The van der Waals surface area contributed by atoms with Gasteiger partial charge in [-0.05, 0) is 43.7 Å². The molecule has 0 aliphatic heterocycles. The van der Waals surface area contributed by atoms with Crippen molar-refractivity contribution in [2.24, 2.45) is 5.92 Å². The number of nitrogens with zero attached hydrogens (tertiary/aromatic N) is 1. The summed E-state index contributed by atoms with van der Waals surface area (Å²) in [5.74, 6) is 0.363. The molecule has 2 N–H and O–H groups in total. The average molecular weight is 297 g/mol. The topological polar surface area (TPSA) is 62.2 Å². The van der Waals surface area contributed by atoms with E-state index >= 15 is 0 Å². The van der Waals surface area contributed by atoms with Crippen molar-refractivity contribution in [3.8, 4) is 0 Å². The number of pyridine rings is 1. The fourth-order valence-corrected chi connectivity index (χ4v) is 3.07. The molecule has 0 bridgehead atoms. The molecule has 2 rings (SSSR count). The molecule has 5 heteroatoms. The first-order valence-corrected chi connectivity index (χ1v) is 7.64. The van der Waals surface area contributed by atoms with Gasteiger partial charge in [0, 0.05) is 6.04 Å². The lowest BCUT2D eigenvalue weighted by molar-refractivity contribution is 0.0691. The number of hydrogen-bond acceptors (Lipinski definition) is 3. The van der Waals surface area contributed by atoms with Crippen LogP contribution in [-0.4, -0.2) is 22.1 Å². The van der Waals surface area contributed by atoms with Crippen molar-refractivity contribution in [3.63, 3.8) is 0 Å². The molecule has 4 nitrogen and oxygen atoms in total. The first kappa shape index (κ1) is 15.1. The molecule has 1 aromatic heterocycles. The highest BCUT2D eigenvalue weighted by atomic mass is 35.5. The monoisotopic (exact) mass is 296 g/mol. The smallest absolute Gasteiger partial charge is 0.356 e. The van der Waals surface area contributed by atoms with Crippen LogP contribution in [0.15, 0.2) is 12.1 Å². The Hall–Kier alpha value is -1.29. The zero-order valence-electron chi connectivity index (χ0n) is 11.7. The molecule has 20 heavy (non-hydrogen) atoms. The summed E-state index contributed by atoms with van der Waals surface area (Å²) in [7, 11) is 0. The fourth-order valence-electron chi connectivity index (χ4n) is 2.89. The van der Waals surface area contributed by atoms with Gasteiger partial charge in [-0.3, -0.25) is 0 Å². The Morgan fingerprint density at radius 2 is 2.10 bits per heavy atom. The molecule has 0 aromatic carbocycles. The third kappa shape index (κ3) is 3.85. The zero-order valence-corrected chi connectivity index (χ0v) is 12.5. The third-order valence-corrected chi connectivity index (χ3v) is 4.25. The predicted molar refractivity (Wildman–Crippen MR) is 80.5 cm³/mol. The van der Waals surface area contributed by atoms with Crippen molar-refractivity contribution in [1.29, 1.82) is 0 Å². The maximum Gasteiger partial charge on any atom is 0.356 e. The molecule has 1 aliphatic rings. The second-order valence-electron chi connectivity index (χ2n) is 5.48. The van der Waals surface area contributed by atoms with Crippen LogP contribution in [0.3, 0.4) is 0 Å².